The summed E-state index contributed by atoms with van der Waals surface area (Å²) >= 11 is 0. The lowest BCUT2D eigenvalue weighted by molar-refractivity contribution is 0.0455. The molecule has 1 aliphatic carbocycles. The number of nitrogens with two attached hydrogens (primary N) is 1. The molecule has 1 aliphatic heterocycles. The fourth-order valence-corrected chi connectivity index (χ4v) is 3.26. The van der Waals surface area contributed by atoms with Crippen LogP contribution in [-0.4, -0.2) is 48.1 Å². The van der Waals surface area contributed by atoms with Gasteiger partial charge < -0.3 is 15.5 Å². The van der Waals surface area contributed by atoms with Gasteiger partial charge in [-0.1, -0.05) is 19.2 Å². The van der Waals surface area contributed by atoms with Crippen molar-refractivity contribution in [1.29, 1.82) is 0 Å². The second-order valence-corrected chi connectivity index (χ2v) is 6.63. The number of alkyl halides is 3. The first-order valence-electron chi connectivity index (χ1n) is 8.17. The van der Waals surface area contributed by atoms with E-state index in [-0.39, 0.29) is 5.92 Å². The highest BCUT2D eigenvalue weighted by molar-refractivity contribution is 5.30. The van der Waals surface area contributed by atoms with Crippen LogP contribution in [0.2, 0.25) is 0 Å². The Kier molecular flexibility index (Phi) is 5.80. The lowest BCUT2D eigenvalue weighted by Gasteiger charge is -2.36. The van der Waals surface area contributed by atoms with Crippen LogP contribution in [0.25, 0.3) is 0 Å². The molecule has 0 bridgehead atoms. The maximum atomic E-state index is 14.5. The number of hydrogen-bond acceptors (Lipinski definition) is 3. The smallest absolute Gasteiger partial charge is 0.261 e. The van der Waals surface area contributed by atoms with Crippen LogP contribution in [0.5, 0.6) is 0 Å². The maximum Gasteiger partial charge on any atom is 0.261 e. The van der Waals surface area contributed by atoms with Crippen LogP contribution < -0.4 is 5.73 Å². The van der Waals surface area contributed by atoms with Crippen LogP contribution in [0, 0.1) is 5.92 Å². The second-order valence-electron chi connectivity index (χ2n) is 6.63. The van der Waals surface area contributed by atoms with Crippen molar-refractivity contribution in [3.63, 3.8) is 0 Å². The first-order chi connectivity index (χ1) is 11.4. The average Bonchev–Trinajstić information content (AvgIpc) is 3.31. The molecule has 1 heterocycles. The first-order valence-corrected chi connectivity index (χ1v) is 8.17. The van der Waals surface area contributed by atoms with Crippen LogP contribution in [0.1, 0.15) is 19.3 Å². The molecule has 2 N–H and O–H groups in total. The summed E-state index contributed by atoms with van der Waals surface area (Å²) < 4.78 is 41.6. The van der Waals surface area contributed by atoms with Crippen molar-refractivity contribution < 1.29 is 13.2 Å². The Balaban J connectivity index is 2.32. The first kappa shape index (κ1) is 18.6. The van der Waals surface area contributed by atoms with Gasteiger partial charge in [-0.2, -0.15) is 0 Å². The van der Waals surface area contributed by atoms with Crippen LogP contribution in [0.4, 0.5) is 13.2 Å². The van der Waals surface area contributed by atoms with Gasteiger partial charge in [0.25, 0.3) is 6.43 Å². The molecule has 0 aromatic heterocycles. The third-order valence-corrected chi connectivity index (χ3v) is 4.93. The predicted octanol–water partition coefficient (Wildman–Crippen LogP) is 3.43. The minimum atomic E-state index is -2.51. The van der Waals surface area contributed by atoms with Crippen LogP contribution in [0.15, 0.2) is 49.0 Å². The van der Waals surface area contributed by atoms with E-state index in [1.807, 2.05) is 11.9 Å². The second kappa shape index (κ2) is 7.47. The molecule has 1 saturated carbocycles. The Labute approximate surface area is 142 Å². The Morgan fingerprint density at radius 3 is 2.54 bits per heavy atom. The van der Waals surface area contributed by atoms with Gasteiger partial charge in [-0.3, -0.25) is 0 Å². The topological polar surface area (TPSA) is 32.5 Å². The average molecular weight is 341 g/mol. The summed E-state index contributed by atoms with van der Waals surface area (Å²) in [5.74, 6) is -0.343. The van der Waals surface area contributed by atoms with Crippen molar-refractivity contribution in [2.75, 3.05) is 20.1 Å². The summed E-state index contributed by atoms with van der Waals surface area (Å²) in [5.41, 5.74) is 5.13. The lowest BCUT2D eigenvalue weighted by Crippen LogP contribution is -2.41. The van der Waals surface area contributed by atoms with Gasteiger partial charge in [0.1, 0.15) is 11.7 Å². The van der Waals surface area contributed by atoms with Gasteiger partial charge in [-0.05, 0) is 50.7 Å². The molecular weight excluding hydrogens is 315 g/mol. The van der Waals surface area contributed by atoms with E-state index in [4.69, 9.17) is 5.73 Å². The van der Waals surface area contributed by atoms with Crippen molar-refractivity contribution in [3.8, 4) is 0 Å². The number of allylic oxidation sites excluding steroid dienone is 3. The summed E-state index contributed by atoms with van der Waals surface area (Å²) in [4.78, 5) is 3.39. The fraction of sp³-hybridized carbons (Fsp3) is 0.556. The number of rotatable bonds is 7. The third-order valence-electron chi connectivity index (χ3n) is 4.93. The zero-order valence-electron chi connectivity index (χ0n) is 14.1. The summed E-state index contributed by atoms with van der Waals surface area (Å²) in [6.45, 7) is 8.70. The summed E-state index contributed by atoms with van der Waals surface area (Å²) in [5, 5.41) is 0. The monoisotopic (exact) mass is 341 g/mol. The zero-order valence-corrected chi connectivity index (χ0v) is 14.1. The molecule has 2 unspecified atom stereocenters. The van der Waals surface area contributed by atoms with Crippen LogP contribution in [0.3, 0.4) is 0 Å². The van der Waals surface area contributed by atoms with Gasteiger partial charge in [0, 0.05) is 24.4 Å². The van der Waals surface area contributed by atoms with Gasteiger partial charge in [0.15, 0.2) is 0 Å². The summed E-state index contributed by atoms with van der Waals surface area (Å²) in [6.07, 6.45) is 3.73. The van der Waals surface area contributed by atoms with Gasteiger partial charge in [-0.25, -0.2) is 13.2 Å². The molecule has 2 rings (SSSR count). The predicted molar refractivity (Wildman–Crippen MR) is 91.1 cm³/mol. The molecule has 2 aliphatic rings. The summed E-state index contributed by atoms with van der Waals surface area (Å²) in [6, 6.07) is 0. The number of halogens is 3. The van der Waals surface area contributed by atoms with Crippen molar-refractivity contribution in [1.82, 2.24) is 9.80 Å². The van der Waals surface area contributed by atoms with Gasteiger partial charge >= 0.3 is 0 Å². The third kappa shape index (κ3) is 3.69. The SMILES string of the molecule is C=C/C(=C/N(C(=C)/C=C/N)C1(C(F)F)CC1)C1CCN(C)CC1F. The maximum absolute atomic E-state index is 14.5. The highest BCUT2D eigenvalue weighted by Gasteiger charge is 2.55. The largest absolute Gasteiger partial charge is 0.405 e. The zero-order chi connectivity index (χ0) is 17.9. The quantitative estimate of drug-likeness (QED) is 0.720. The molecule has 134 valence electrons. The van der Waals surface area contributed by atoms with E-state index in [9.17, 15) is 13.2 Å². The van der Waals surface area contributed by atoms with Crippen LogP contribution >= 0.6 is 0 Å². The van der Waals surface area contributed by atoms with Gasteiger partial charge in [0.2, 0.25) is 0 Å². The molecule has 2 atom stereocenters. The molecule has 0 aromatic rings. The number of nitrogens with zero attached hydrogens (tertiary/aromatic N) is 2. The Bertz CT molecular complexity index is 538. The summed E-state index contributed by atoms with van der Waals surface area (Å²) in [7, 11) is 1.87. The van der Waals surface area contributed by atoms with Crippen LogP contribution in [-0.2, 0) is 0 Å². The van der Waals surface area contributed by atoms with E-state index in [0.717, 1.165) is 6.54 Å². The van der Waals surface area contributed by atoms with Gasteiger partial charge in [0.05, 0.1) is 0 Å². The van der Waals surface area contributed by atoms with E-state index < -0.39 is 18.1 Å². The molecule has 3 nitrogen and oxygen atoms in total. The minimum absolute atomic E-state index is 0.333. The number of piperidine rings is 1. The molecular formula is C18H26F3N3. The molecule has 0 amide bonds. The normalized spacial score (nSPS) is 27.5. The van der Waals surface area contributed by atoms with E-state index in [2.05, 4.69) is 13.2 Å². The minimum Gasteiger partial charge on any atom is -0.405 e. The highest BCUT2D eigenvalue weighted by atomic mass is 19.3. The Morgan fingerprint density at radius 1 is 1.42 bits per heavy atom. The standard InChI is InChI=1S/C18H26F3N3/c1-4-14(15-6-10-23(3)12-16(15)19)11-24(13(2)5-9-22)18(7-8-18)17(20)21/h4-5,9,11,15-17H,1-2,6-8,10,12,22H2,3H3/b9-5+,14-11-. The van der Waals surface area contributed by atoms with Crippen molar-refractivity contribution in [3.05, 3.63) is 49.0 Å². The fourth-order valence-electron chi connectivity index (χ4n) is 3.26. The molecule has 0 aromatic carbocycles. The van der Waals surface area contributed by atoms with E-state index in [1.54, 1.807) is 12.3 Å². The van der Waals surface area contributed by atoms with Crippen molar-refractivity contribution >= 4 is 0 Å². The lowest BCUT2D eigenvalue weighted by atomic mass is 9.88. The highest BCUT2D eigenvalue weighted by Crippen LogP contribution is 2.49. The Hall–Kier alpha value is -1.69. The van der Waals surface area contributed by atoms with E-state index >= 15 is 0 Å². The Morgan fingerprint density at radius 2 is 2.08 bits per heavy atom. The van der Waals surface area contributed by atoms with E-state index in [1.165, 1.54) is 17.2 Å². The van der Waals surface area contributed by atoms with Crippen molar-refractivity contribution in [2.45, 2.75) is 37.4 Å². The number of hydrogen-bond donors (Lipinski definition) is 1. The molecule has 1 saturated heterocycles. The molecule has 6 heteroatoms. The number of likely N-dealkylation sites (tertiary alicyclic amines) is 1. The molecule has 24 heavy (non-hydrogen) atoms. The molecule has 0 radical (unpaired) electrons. The van der Waals surface area contributed by atoms with Gasteiger partial charge in [-0.15, -0.1) is 0 Å². The molecule has 2 fully saturated rings. The van der Waals surface area contributed by atoms with E-state index in [0.29, 0.717) is 37.1 Å². The molecule has 0 spiro atoms. The van der Waals surface area contributed by atoms with Crippen molar-refractivity contribution in [2.24, 2.45) is 11.7 Å².